The molecule has 0 aliphatic rings. The van der Waals surface area contributed by atoms with E-state index in [4.69, 9.17) is 4.52 Å². The average molecular weight is 197 g/mol. The highest BCUT2D eigenvalue weighted by atomic mass is 16.5. The van der Waals surface area contributed by atoms with Gasteiger partial charge >= 0.3 is 0 Å². The van der Waals surface area contributed by atoms with Crippen molar-refractivity contribution in [3.8, 4) is 0 Å². The van der Waals surface area contributed by atoms with Gasteiger partial charge in [-0.3, -0.25) is 0 Å². The second-order valence-electron chi connectivity index (χ2n) is 3.75. The van der Waals surface area contributed by atoms with Gasteiger partial charge in [-0.2, -0.15) is 4.98 Å². The van der Waals surface area contributed by atoms with E-state index in [1.54, 1.807) is 0 Å². The van der Waals surface area contributed by atoms with E-state index in [-0.39, 0.29) is 0 Å². The van der Waals surface area contributed by atoms with Crippen molar-refractivity contribution < 1.29 is 4.52 Å². The molecule has 0 aliphatic heterocycles. The van der Waals surface area contributed by atoms with Gasteiger partial charge in [-0.25, -0.2) is 0 Å². The maximum Gasteiger partial charge on any atom is 0.228 e. The third-order valence-corrected chi connectivity index (χ3v) is 2.51. The maximum absolute atomic E-state index is 5.16. The summed E-state index contributed by atoms with van der Waals surface area (Å²) in [4.78, 5) is 4.35. The van der Waals surface area contributed by atoms with E-state index >= 15 is 0 Å². The first-order chi connectivity index (χ1) is 6.67. The van der Waals surface area contributed by atoms with Crippen molar-refractivity contribution in [1.82, 2.24) is 15.5 Å². The van der Waals surface area contributed by atoms with Crippen molar-refractivity contribution in [3.63, 3.8) is 0 Å². The van der Waals surface area contributed by atoms with Gasteiger partial charge in [0.25, 0.3) is 0 Å². The van der Waals surface area contributed by atoms with Gasteiger partial charge in [-0.1, -0.05) is 19.0 Å². The lowest BCUT2D eigenvalue weighted by Gasteiger charge is -2.04. The van der Waals surface area contributed by atoms with Crippen LogP contribution in [-0.2, 0) is 6.42 Å². The molecule has 0 fully saturated rings. The molecule has 0 aromatic carbocycles. The van der Waals surface area contributed by atoms with Crippen LogP contribution in [-0.4, -0.2) is 23.2 Å². The lowest BCUT2D eigenvalue weighted by Crippen LogP contribution is -2.23. The molecular formula is C10H19N3O. The van der Waals surface area contributed by atoms with Crippen LogP contribution in [0.5, 0.6) is 0 Å². The molecule has 0 aliphatic carbocycles. The molecule has 0 saturated carbocycles. The smallest absolute Gasteiger partial charge is 0.228 e. The summed E-state index contributed by atoms with van der Waals surface area (Å²) in [6.45, 7) is 6.32. The third-order valence-electron chi connectivity index (χ3n) is 2.51. The molecule has 2 unspecified atom stereocenters. The zero-order chi connectivity index (χ0) is 10.6. The molecule has 80 valence electrons. The fourth-order valence-electron chi connectivity index (χ4n) is 1.10. The van der Waals surface area contributed by atoms with E-state index in [1.807, 2.05) is 7.05 Å². The van der Waals surface area contributed by atoms with Crippen molar-refractivity contribution in [1.29, 1.82) is 0 Å². The van der Waals surface area contributed by atoms with Gasteiger partial charge in [-0.15, -0.1) is 0 Å². The minimum Gasteiger partial charge on any atom is -0.339 e. The number of rotatable bonds is 5. The highest BCUT2D eigenvalue weighted by Gasteiger charge is 2.13. The number of hydrogen-bond acceptors (Lipinski definition) is 4. The first kappa shape index (κ1) is 11.2. The van der Waals surface area contributed by atoms with Crippen molar-refractivity contribution in [3.05, 3.63) is 11.7 Å². The Hall–Kier alpha value is -0.900. The lowest BCUT2D eigenvalue weighted by molar-refractivity contribution is 0.358. The van der Waals surface area contributed by atoms with Crippen molar-refractivity contribution in [2.75, 3.05) is 7.05 Å². The number of nitrogens with one attached hydrogen (secondary N) is 1. The molecule has 4 nitrogen and oxygen atoms in total. The third kappa shape index (κ3) is 2.80. The van der Waals surface area contributed by atoms with Gasteiger partial charge in [-0.05, 0) is 20.4 Å². The topological polar surface area (TPSA) is 51.0 Å². The molecule has 14 heavy (non-hydrogen) atoms. The molecule has 2 atom stereocenters. The minimum atomic E-state index is 0.375. The summed E-state index contributed by atoms with van der Waals surface area (Å²) in [5, 5.41) is 7.10. The highest BCUT2D eigenvalue weighted by Crippen LogP contribution is 2.15. The summed E-state index contributed by atoms with van der Waals surface area (Å²) in [5.74, 6) is 1.94. The first-order valence-corrected chi connectivity index (χ1v) is 5.17. The van der Waals surface area contributed by atoms with E-state index in [1.165, 1.54) is 0 Å². The van der Waals surface area contributed by atoms with Gasteiger partial charge in [0.05, 0.1) is 0 Å². The zero-order valence-corrected chi connectivity index (χ0v) is 9.37. The molecule has 4 heteroatoms. The summed E-state index contributed by atoms with van der Waals surface area (Å²) >= 11 is 0. The molecule has 1 aromatic heterocycles. The Morgan fingerprint density at radius 2 is 2.14 bits per heavy atom. The first-order valence-electron chi connectivity index (χ1n) is 5.17. The quantitative estimate of drug-likeness (QED) is 0.781. The Bertz CT molecular complexity index is 272. The monoisotopic (exact) mass is 197 g/mol. The van der Waals surface area contributed by atoms with E-state index in [2.05, 4.69) is 36.2 Å². The van der Waals surface area contributed by atoms with E-state index in [9.17, 15) is 0 Å². The predicted octanol–water partition coefficient (Wildman–Crippen LogP) is 1.73. The van der Waals surface area contributed by atoms with Gasteiger partial charge in [0.2, 0.25) is 5.89 Å². The SMILES string of the molecule is CCC(C)c1noc(CC(C)NC)n1. The van der Waals surface area contributed by atoms with E-state index < -0.39 is 0 Å². The normalized spacial score (nSPS) is 15.4. The van der Waals surface area contributed by atoms with Gasteiger partial charge < -0.3 is 9.84 Å². The van der Waals surface area contributed by atoms with Crippen LogP contribution < -0.4 is 5.32 Å². The van der Waals surface area contributed by atoms with Gasteiger partial charge in [0, 0.05) is 18.4 Å². The van der Waals surface area contributed by atoms with Crippen LogP contribution in [0.15, 0.2) is 4.52 Å². The van der Waals surface area contributed by atoms with Crippen molar-refractivity contribution in [2.45, 2.75) is 45.6 Å². The Balaban J connectivity index is 2.59. The van der Waals surface area contributed by atoms with Crippen LogP contribution >= 0.6 is 0 Å². The Kier molecular flexibility index (Phi) is 4.07. The van der Waals surface area contributed by atoms with E-state index in [0.717, 1.165) is 24.6 Å². The summed E-state index contributed by atoms with van der Waals surface area (Å²) in [5.41, 5.74) is 0. The fourth-order valence-corrected chi connectivity index (χ4v) is 1.10. The number of likely N-dealkylation sites (N-methyl/N-ethyl adjacent to an activating group) is 1. The summed E-state index contributed by atoms with van der Waals surface area (Å²) in [7, 11) is 1.93. The highest BCUT2D eigenvalue weighted by molar-refractivity contribution is 4.94. The summed E-state index contributed by atoms with van der Waals surface area (Å²) < 4.78 is 5.16. The fraction of sp³-hybridized carbons (Fsp3) is 0.800. The molecule has 1 aromatic rings. The van der Waals surface area contributed by atoms with Crippen LogP contribution in [0.4, 0.5) is 0 Å². The molecule has 0 spiro atoms. The molecule has 0 amide bonds. The zero-order valence-electron chi connectivity index (χ0n) is 9.37. The van der Waals surface area contributed by atoms with Gasteiger partial charge in [0.15, 0.2) is 5.82 Å². The molecule has 1 N–H and O–H groups in total. The van der Waals surface area contributed by atoms with Crippen LogP contribution in [0.2, 0.25) is 0 Å². The second kappa shape index (κ2) is 5.10. The Morgan fingerprint density at radius 3 is 2.71 bits per heavy atom. The lowest BCUT2D eigenvalue weighted by atomic mass is 10.1. The average Bonchev–Trinajstić information content (AvgIpc) is 2.65. The number of hydrogen-bond donors (Lipinski definition) is 1. The number of nitrogens with zero attached hydrogens (tertiary/aromatic N) is 2. The van der Waals surface area contributed by atoms with Crippen LogP contribution in [0.3, 0.4) is 0 Å². The van der Waals surface area contributed by atoms with Crippen molar-refractivity contribution in [2.24, 2.45) is 0 Å². The maximum atomic E-state index is 5.16. The molecule has 1 heterocycles. The Labute approximate surface area is 85.1 Å². The summed E-state index contributed by atoms with van der Waals surface area (Å²) in [6.07, 6.45) is 1.83. The molecule has 0 saturated heterocycles. The largest absolute Gasteiger partial charge is 0.339 e. The van der Waals surface area contributed by atoms with Crippen LogP contribution in [0, 0.1) is 0 Å². The van der Waals surface area contributed by atoms with Crippen LogP contribution in [0.25, 0.3) is 0 Å². The predicted molar refractivity (Wildman–Crippen MR) is 55.2 cm³/mol. The summed E-state index contributed by atoms with van der Waals surface area (Å²) in [6, 6.07) is 0.375. The van der Waals surface area contributed by atoms with Crippen molar-refractivity contribution >= 4 is 0 Å². The molecule has 1 rings (SSSR count). The van der Waals surface area contributed by atoms with Crippen LogP contribution in [0.1, 0.15) is 44.8 Å². The number of aromatic nitrogens is 2. The molecular weight excluding hydrogens is 178 g/mol. The van der Waals surface area contributed by atoms with E-state index in [0.29, 0.717) is 12.0 Å². The molecule has 0 radical (unpaired) electrons. The Morgan fingerprint density at radius 1 is 1.43 bits per heavy atom. The second-order valence-corrected chi connectivity index (χ2v) is 3.75. The minimum absolute atomic E-state index is 0.375. The van der Waals surface area contributed by atoms with Gasteiger partial charge in [0.1, 0.15) is 0 Å². The molecule has 0 bridgehead atoms. The standard InChI is InChI=1S/C10H19N3O/c1-5-7(2)10-12-9(14-13-10)6-8(3)11-4/h7-8,11H,5-6H2,1-4H3.